The van der Waals surface area contributed by atoms with Crippen LogP contribution in [0.25, 0.3) is 11.1 Å². The standard InChI is InChI=1S/C20H28N2O3S/c1-4-26(24,25)17-9-10-19(21-16-7-5-6-8-16)18(12-17)15-11-14(2)20(23)22(3)13-15/h9-13,16,21,24-25H,4-8H2,1-3H3. The van der Waals surface area contributed by atoms with Crippen molar-refractivity contribution >= 4 is 16.3 Å². The van der Waals surface area contributed by atoms with Crippen molar-refractivity contribution < 1.29 is 9.11 Å². The molecule has 0 amide bonds. The number of rotatable bonds is 5. The molecule has 1 heterocycles. The Morgan fingerprint density at radius 1 is 1.23 bits per heavy atom. The molecule has 26 heavy (non-hydrogen) atoms. The fourth-order valence-corrected chi connectivity index (χ4v) is 4.50. The lowest BCUT2D eigenvalue weighted by molar-refractivity contribution is 0.488. The van der Waals surface area contributed by atoms with E-state index in [4.69, 9.17) is 0 Å². The zero-order valence-electron chi connectivity index (χ0n) is 15.7. The third kappa shape index (κ3) is 3.82. The van der Waals surface area contributed by atoms with Gasteiger partial charge in [0, 0.05) is 47.4 Å². The summed E-state index contributed by atoms with van der Waals surface area (Å²) in [5.74, 6) is 0.286. The smallest absolute Gasteiger partial charge is 0.253 e. The topological polar surface area (TPSA) is 74.5 Å². The first kappa shape index (κ1) is 19.0. The summed E-state index contributed by atoms with van der Waals surface area (Å²) >= 11 is 0. The van der Waals surface area contributed by atoms with E-state index in [1.54, 1.807) is 31.5 Å². The summed E-state index contributed by atoms with van der Waals surface area (Å²) in [6.07, 6.45) is 6.59. The molecule has 142 valence electrons. The van der Waals surface area contributed by atoms with E-state index in [2.05, 4.69) is 5.32 Å². The minimum absolute atomic E-state index is 0.0203. The zero-order chi connectivity index (χ0) is 18.9. The number of hydrogen-bond donors (Lipinski definition) is 3. The molecule has 1 aromatic heterocycles. The number of aryl methyl sites for hydroxylation is 2. The normalized spacial score (nSPS) is 16.0. The van der Waals surface area contributed by atoms with Crippen LogP contribution in [0.15, 0.2) is 40.2 Å². The van der Waals surface area contributed by atoms with Crippen LogP contribution in [-0.2, 0) is 7.05 Å². The first-order chi connectivity index (χ1) is 12.3. The molecule has 1 aliphatic rings. The largest absolute Gasteiger partial charge is 0.382 e. The lowest BCUT2D eigenvalue weighted by Gasteiger charge is -2.32. The van der Waals surface area contributed by atoms with Gasteiger partial charge in [0.05, 0.1) is 4.90 Å². The number of pyridine rings is 1. The SMILES string of the molecule is CCS(O)(O)c1ccc(NC2CCCC2)c(-c2cc(C)c(=O)n(C)c2)c1. The Kier molecular flexibility index (Phi) is 5.46. The second-order valence-corrected chi connectivity index (χ2v) is 9.50. The average molecular weight is 377 g/mol. The third-order valence-corrected chi connectivity index (χ3v) is 6.97. The van der Waals surface area contributed by atoms with Crippen LogP contribution in [0.5, 0.6) is 0 Å². The monoisotopic (exact) mass is 376 g/mol. The molecular weight excluding hydrogens is 348 g/mol. The summed E-state index contributed by atoms with van der Waals surface area (Å²) in [5, 5.41) is 3.62. The zero-order valence-corrected chi connectivity index (χ0v) is 16.5. The minimum atomic E-state index is -2.80. The Labute approximate surface area is 156 Å². The van der Waals surface area contributed by atoms with Crippen LogP contribution in [0.3, 0.4) is 0 Å². The Hall–Kier alpha value is -1.76. The van der Waals surface area contributed by atoms with Crippen molar-refractivity contribution in [2.24, 2.45) is 7.05 Å². The maximum absolute atomic E-state index is 12.1. The second-order valence-electron chi connectivity index (χ2n) is 7.12. The number of nitrogens with zero attached hydrogens (tertiary/aromatic N) is 1. The predicted octanol–water partition coefficient (Wildman–Crippen LogP) is 4.84. The van der Waals surface area contributed by atoms with Crippen molar-refractivity contribution in [3.63, 3.8) is 0 Å². The maximum Gasteiger partial charge on any atom is 0.253 e. The number of anilines is 1. The van der Waals surface area contributed by atoms with E-state index in [1.807, 2.05) is 24.4 Å². The summed E-state index contributed by atoms with van der Waals surface area (Å²) < 4.78 is 22.3. The predicted molar refractivity (Wildman–Crippen MR) is 109 cm³/mol. The molecule has 1 aromatic carbocycles. The van der Waals surface area contributed by atoms with Crippen molar-refractivity contribution in [1.29, 1.82) is 0 Å². The van der Waals surface area contributed by atoms with Crippen molar-refractivity contribution in [3.8, 4) is 11.1 Å². The molecule has 0 aliphatic heterocycles. The highest BCUT2D eigenvalue weighted by Crippen LogP contribution is 2.49. The fourth-order valence-electron chi connectivity index (χ4n) is 3.57. The highest BCUT2D eigenvalue weighted by atomic mass is 32.3. The third-order valence-electron chi connectivity index (χ3n) is 5.16. The van der Waals surface area contributed by atoms with Crippen LogP contribution >= 0.6 is 10.6 Å². The van der Waals surface area contributed by atoms with Crippen molar-refractivity contribution in [3.05, 3.63) is 46.4 Å². The number of hydrogen-bond acceptors (Lipinski definition) is 4. The number of aromatic nitrogens is 1. The van der Waals surface area contributed by atoms with Gasteiger partial charge in [-0.05, 0) is 51.0 Å². The molecule has 0 unspecified atom stereocenters. The van der Waals surface area contributed by atoms with E-state index in [9.17, 15) is 13.9 Å². The van der Waals surface area contributed by atoms with Gasteiger partial charge in [0.2, 0.25) is 0 Å². The van der Waals surface area contributed by atoms with Crippen LogP contribution in [0.4, 0.5) is 5.69 Å². The molecule has 1 fully saturated rings. The molecule has 0 bridgehead atoms. The molecular formula is C20H28N2O3S. The Balaban J connectivity index is 2.11. The number of nitrogens with one attached hydrogen (secondary N) is 1. The van der Waals surface area contributed by atoms with E-state index in [-0.39, 0.29) is 11.3 Å². The molecule has 5 nitrogen and oxygen atoms in total. The molecule has 3 rings (SSSR count). The minimum Gasteiger partial charge on any atom is -0.382 e. The van der Waals surface area contributed by atoms with Crippen LogP contribution < -0.4 is 10.9 Å². The van der Waals surface area contributed by atoms with Crippen LogP contribution in [0, 0.1) is 6.92 Å². The van der Waals surface area contributed by atoms with Crippen LogP contribution in [0.2, 0.25) is 0 Å². The van der Waals surface area contributed by atoms with E-state index in [0.717, 1.165) is 29.7 Å². The first-order valence-electron chi connectivity index (χ1n) is 9.16. The van der Waals surface area contributed by atoms with Gasteiger partial charge in [-0.1, -0.05) is 12.8 Å². The van der Waals surface area contributed by atoms with E-state index >= 15 is 0 Å². The summed E-state index contributed by atoms with van der Waals surface area (Å²) in [6.45, 7) is 3.58. The number of benzene rings is 1. The maximum atomic E-state index is 12.1. The quantitative estimate of drug-likeness (QED) is 0.698. The lowest BCUT2D eigenvalue weighted by Crippen LogP contribution is -2.19. The molecule has 1 saturated carbocycles. The Morgan fingerprint density at radius 2 is 1.92 bits per heavy atom. The average Bonchev–Trinajstić information content (AvgIpc) is 3.12. The Bertz CT molecular complexity index is 828. The molecule has 0 atom stereocenters. The summed E-state index contributed by atoms with van der Waals surface area (Å²) in [7, 11) is -1.05. The van der Waals surface area contributed by atoms with Gasteiger partial charge in [0.15, 0.2) is 0 Å². The van der Waals surface area contributed by atoms with Gasteiger partial charge in [-0.3, -0.25) is 13.9 Å². The molecule has 3 N–H and O–H groups in total. The highest BCUT2D eigenvalue weighted by molar-refractivity contribution is 8.24. The molecule has 2 aromatic rings. The van der Waals surface area contributed by atoms with E-state index < -0.39 is 10.6 Å². The summed E-state index contributed by atoms with van der Waals surface area (Å²) in [6, 6.07) is 7.91. The van der Waals surface area contributed by atoms with Gasteiger partial charge >= 0.3 is 0 Å². The van der Waals surface area contributed by atoms with Gasteiger partial charge < -0.3 is 9.88 Å². The van der Waals surface area contributed by atoms with Crippen LogP contribution in [0.1, 0.15) is 38.2 Å². The van der Waals surface area contributed by atoms with Gasteiger partial charge in [-0.15, -0.1) is 0 Å². The van der Waals surface area contributed by atoms with Crippen LogP contribution in [-0.4, -0.2) is 25.5 Å². The van der Waals surface area contributed by atoms with E-state index in [0.29, 0.717) is 16.5 Å². The second kappa shape index (κ2) is 7.47. The van der Waals surface area contributed by atoms with Gasteiger partial charge in [0.25, 0.3) is 5.56 Å². The first-order valence-corrected chi connectivity index (χ1v) is 10.9. The molecule has 0 saturated heterocycles. The lowest BCUT2D eigenvalue weighted by atomic mass is 10.0. The van der Waals surface area contributed by atoms with Gasteiger partial charge in [0.1, 0.15) is 0 Å². The summed E-state index contributed by atoms with van der Waals surface area (Å²) in [4.78, 5) is 12.6. The Morgan fingerprint density at radius 3 is 2.54 bits per heavy atom. The molecule has 1 aliphatic carbocycles. The van der Waals surface area contributed by atoms with Crippen molar-refractivity contribution in [2.75, 3.05) is 11.1 Å². The van der Waals surface area contributed by atoms with Gasteiger partial charge in [-0.25, -0.2) is 0 Å². The van der Waals surface area contributed by atoms with Crippen molar-refractivity contribution in [2.45, 2.75) is 50.5 Å². The molecule has 0 spiro atoms. The summed E-state index contributed by atoms with van der Waals surface area (Å²) in [5.41, 5.74) is 3.43. The fraction of sp³-hybridized carbons (Fsp3) is 0.450. The van der Waals surface area contributed by atoms with Crippen molar-refractivity contribution in [1.82, 2.24) is 4.57 Å². The van der Waals surface area contributed by atoms with Gasteiger partial charge in [-0.2, -0.15) is 10.6 Å². The molecule has 6 heteroatoms. The highest BCUT2D eigenvalue weighted by Gasteiger charge is 2.20. The van der Waals surface area contributed by atoms with E-state index in [1.165, 1.54) is 12.8 Å². The molecule has 0 radical (unpaired) electrons.